The lowest BCUT2D eigenvalue weighted by Crippen LogP contribution is -2.29. The molecule has 3 aromatic carbocycles. The van der Waals surface area contributed by atoms with Crippen molar-refractivity contribution in [3.8, 4) is 5.88 Å². The number of aromatic hydroxyl groups is 1. The van der Waals surface area contributed by atoms with Gasteiger partial charge in [0.25, 0.3) is 5.91 Å². The second-order valence-electron chi connectivity index (χ2n) is 8.20. The van der Waals surface area contributed by atoms with E-state index in [1.165, 1.54) is 39.3 Å². The van der Waals surface area contributed by atoms with Gasteiger partial charge in [-0.15, -0.1) is 0 Å². The number of hydrazone groups is 1. The smallest absolute Gasteiger partial charge is 0.264 e. The van der Waals surface area contributed by atoms with Crippen LogP contribution in [-0.4, -0.2) is 39.1 Å². The van der Waals surface area contributed by atoms with E-state index in [1.54, 1.807) is 19.2 Å². The minimum Gasteiger partial charge on any atom is -0.493 e. The number of rotatable bonds is 5. The SMILES string of the molecule is Cn1c(O)c(C=NCC(=O)N2N=C(c3ccc4ccccc4c3)CC2c2ccc(F)cc2)sc1=S. The molecule has 1 amide bonds. The standard InChI is InChI=1S/C26H21FN4O2S2/c1-30-25(33)23(35-26(30)34)14-28-15-24(32)31-22(17-8-10-20(27)11-9-17)13-21(29-31)19-7-6-16-4-2-3-5-18(16)12-19/h2-12,14,22,33H,13,15H2,1H3. The number of amides is 1. The predicted octanol–water partition coefficient (Wildman–Crippen LogP) is 5.61. The molecule has 0 spiro atoms. The Kier molecular flexibility index (Phi) is 6.27. The van der Waals surface area contributed by atoms with E-state index in [0.29, 0.717) is 15.3 Å². The molecule has 35 heavy (non-hydrogen) atoms. The summed E-state index contributed by atoms with van der Waals surface area (Å²) >= 11 is 6.37. The number of aliphatic imine (C=N–C) groups is 1. The number of benzene rings is 3. The monoisotopic (exact) mass is 504 g/mol. The lowest BCUT2D eigenvalue weighted by molar-refractivity contribution is -0.131. The number of carbonyl (C=O) groups is 1. The van der Waals surface area contributed by atoms with Crippen LogP contribution < -0.4 is 0 Å². The Bertz CT molecular complexity index is 1540. The molecule has 9 heteroatoms. The molecule has 176 valence electrons. The molecular weight excluding hydrogens is 483 g/mol. The lowest BCUT2D eigenvalue weighted by Gasteiger charge is -2.21. The van der Waals surface area contributed by atoms with E-state index >= 15 is 0 Å². The third kappa shape index (κ3) is 4.65. The first-order chi connectivity index (χ1) is 16.9. The molecule has 0 bridgehead atoms. The molecule has 5 rings (SSSR count). The summed E-state index contributed by atoms with van der Waals surface area (Å²) in [7, 11) is 1.66. The number of nitrogens with zero attached hydrogens (tertiary/aromatic N) is 4. The van der Waals surface area contributed by atoms with Gasteiger partial charge in [0, 0.05) is 19.7 Å². The summed E-state index contributed by atoms with van der Waals surface area (Å²) in [6.45, 7) is -0.153. The largest absolute Gasteiger partial charge is 0.493 e. The van der Waals surface area contributed by atoms with Crippen LogP contribution in [-0.2, 0) is 11.8 Å². The highest BCUT2D eigenvalue weighted by atomic mass is 32.1. The molecule has 1 atom stereocenters. The van der Waals surface area contributed by atoms with Gasteiger partial charge in [0.15, 0.2) is 3.95 Å². The van der Waals surface area contributed by atoms with Crippen LogP contribution in [0.4, 0.5) is 4.39 Å². The molecule has 0 aliphatic carbocycles. The summed E-state index contributed by atoms with van der Waals surface area (Å²) < 4.78 is 15.5. The molecule has 0 saturated heterocycles. The Hall–Kier alpha value is -3.69. The minimum atomic E-state index is -0.369. The fourth-order valence-corrected chi connectivity index (χ4v) is 5.17. The highest BCUT2D eigenvalue weighted by Gasteiger charge is 2.33. The van der Waals surface area contributed by atoms with Crippen molar-refractivity contribution in [1.29, 1.82) is 0 Å². The van der Waals surface area contributed by atoms with Gasteiger partial charge in [-0.25, -0.2) is 9.40 Å². The van der Waals surface area contributed by atoms with E-state index in [2.05, 4.69) is 16.2 Å². The molecule has 0 radical (unpaired) electrons. The number of thiazole rings is 1. The third-order valence-corrected chi connectivity index (χ3v) is 7.43. The van der Waals surface area contributed by atoms with Crippen molar-refractivity contribution in [1.82, 2.24) is 9.58 Å². The number of carbonyl (C=O) groups excluding carboxylic acids is 1. The zero-order chi connectivity index (χ0) is 24.5. The average molecular weight is 505 g/mol. The summed E-state index contributed by atoms with van der Waals surface area (Å²) in [5.41, 5.74) is 2.51. The second-order valence-corrected chi connectivity index (χ2v) is 9.88. The molecule has 0 fully saturated rings. The zero-order valence-electron chi connectivity index (χ0n) is 18.8. The van der Waals surface area contributed by atoms with E-state index in [0.717, 1.165) is 27.6 Å². The molecule has 0 saturated carbocycles. The van der Waals surface area contributed by atoms with Gasteiger partial charge in [-0.05, 0) is 52.3 Å². The number of hydrogen-bond acceptors (Lipinski definition) is 6. The first kappa shape index (κ1) is 23.1. The summed E-state index contributed by atoms with van der Waals surface area (Å²) in [6, 6.07) is 19.9. The molecule has 1 N–H and O–H groups in total. The van der Waals surface area contributed by atoms with Gasteiger partial charge in [-0.3, -0.25) is 14.4 Å². The maximum Gasteiger partial charge on any atom is 0.264 e. The third-order valence-electron chi connectivity index (χ3n) is 5.95. The predicted molar refractivity (Wildman–Crippen MR) is 139 cm³/mol. The van der Waals surface area contributed by atoms with Gasteiger partial charge in [0.1, 0.15) is 17.2 Å². The maximum atomic E-state index is 13.6. The van der Waals surface area contributed by atoms with Crippen LogP contribution in [0.5, 0.6) is 5.88 Å². The van der Waals surface area contributed by atoms with Crippen LogP contribution >= 0.6 is 23.6 Å². The van der Waals surface area contributed by atoms with Crippen LogP contribution in [0.2, 0.25) is 0 Å². The topological polar surface area (TPSA) is 70.2 Å². The van der Waals surface area contributed by atoms with Crippen LogP contribution in [0, 0.1) is 9.77 Å². The van der Waals surface area contributed by atoms with Crippen LogP contribution in [0.3, 0.4) is 0 Å². The van der Waals surface area contributed by atoms with E-state index in [4.69, 9.17) is 12.2 Å². The molecule has 6 nitrogen and oxygen atoms in total. The number of aromatic nitrogens is 1. The number of fused-ring (bicyclic) bond motifs is 1. The van der Waals surface area contributed by atoms with Crippen molar-refractivity contribution in [2.75, 3.05) is 6.54 Å². The first-order valence-corrected chi connectivity index (χ1v) is 12.2. The number of hydrogen-bond donors (Lipinski definition) is 1. The maximum absolute atomic E-state index is 13.6. The van der Waals surface area contributed by atoms with Crippen molar-refractivity contribution in [2.45, 2.75) is 12.5 Å². The molecule has 4 aromatic rings. The quantitative estimate of drug-likeness (QED) is 0.284. The fourth-order valence-electron chi connectivity index (χ4n) is 4.05. The van der Waals surface area contributed by atoms with Crippen LogP contribution in [0.1, 0.15) is 28.5 Å². The molecule has 1 aromatic heterocycles. The number of halogens is 1. The minimum absolute atomic E-state index is 0.0122. The van der Waals surface area contributed by atoms with Crippen molar-refractivity contribution in [3.05, 3.63) is 92.5 Å². The van der Waals surface area contributed by atoms with E-state index in [1.807, 2.05) is 36.4 Å². The average Bonchev–Trinajstić information content (AvgIpc) is 3.42. The lowest BCUT2D eigenvalue weighted by atomic mass is 9.97. The van der Waals surface area contributed by atoms with Crippen LogP contribution in [0.25, 0.3) is 10.8 Å². The van der Waals surface area contributed by atoms with E-state index in [9.17, 15) is 14.3 Å². The normalized spacial score (nSPS) is 15.8. The van der Waals surface area contributed by atoms with Gasteiger partial charge in [0.2, 0.25) is 5.88 Å². The highest BCUT2D eigenvalue weighted by Crippen LogP contribution is 2.33. The second kappa shape index (κ2) is 9.52. The van der Waals surface area contributed by atoms with Crippen molar-refractivity contribution in [3.63, 3.8) is 0 Å². The molecule has 1 unspecified atom stereocenters. The summed E-state index contributed by atoms with van der Waals surface area (Å²) in [5, 5.41) is 18.4. The van der Waals surface area contributed by atoms with E-state index in [-0.39, 0.29) is 30.2 Å². The summed E-state index contributed by atoms with van der Waals surface area (Å²) in [4.78, 5) is 17.9. The first-order valence-electron chi connectivity index (χ1n) is 10.9. The van der Waals surface area contributed by atoms with Crippen LogP contribution in [0.15, 0.2) is 76.8 Å². The fraction of sp³-hybridized carbons (Fsp3) is 0.154. The summed E-state index contributed by atoms with van der Waals surface area (Å²) in [6.07, 6.45) is 1.95. The van der Waals surface area contributed by atoms with Crippen molar-refractivity contribution < 1.29 is 14.3 Å². The molecular formula is C26H21FN4O2S2. The Balaban J connectivity index is 1.44. The van der Waals surface area contributed by atoms with Gasteiger partial charge < -0.3 is 5.11 Å². The molecule has 1 aliphatic heterocycles. The Morgan fingerprint density at radius 2 is 1.94 bits per heavy atom. The van der Waals surface area contributed by atoms with Crippen molar-refractivity contribution in [2.24, 2.45) is 17.1 Å². The molecule has 2 heterocycles. The van der Waals surface area contributed by atoms with Gasteiger partial charge in [-0.2, -0.15) is 5.10 Å². The summed E-state index contributed by atoms with van der Waals surface area (Å²) in [5.74, 6) is -0.626. The Morgan fingerprint density at radius 3 is 2.66 bits per heavy atom. The van der Waals surface area contributed by atoms with Gasteiger partial charge >= 0.3 is 0 Å². The zero-order valence-corrected chi connectivity index (χ0v) is 20.4. The van der Waals surface area contributed by atoms with Gasteiger partial charge in [0.05, 0.1) is 11.8 Å². The van der Waals surface area contributed by atoms with Crippen molar-refractivity contribution >= 4 is 52.2 Å². The Labute approximate surface area is 210 Å². The van der Waals surface area contributed by atoms with E-state index < -0.39 is 0 Å². The highest BCUT2D eigenvalue weighted by molar-refractivity contribution is 7.73. The molecule has 1 aliphatic rings. The van der Waals surface area contributed by atoms with Gasteiger partial charge in [-0.1, -0.05) is 59.9 Å². The Morgan fingerprint density at radius 1 is 1.20 bits per heavy atom.